The van der Waals surface area contributed by atoms with Gasteiger partial charge >= 0.3 is 0 Å². The molecule has 23 heteroatoms. The highest BCUT2D eigenvalue weighted by Crippen LogP contribution is 2.23. The number of rotatable bonds is 26. The summed E-state index contributed by atoms with van der Waals surface area (Å²) in [5.41, 5.74) is 11.0. The molecule has 23 nitrogen and oxygen atoms in total. The molecule has 12 N–H and O–H groups in total. The molecule has 3 heterocycles. The van der Waals surface area contributed by atoms with Crippen LogP contribution in [0.1, 0.15) is 119 Å². The number of aliphatic imine (C=N–C) groups is 1. The fourth-order valence-electron chi connectivity index (χ4n) is 9.01. The zero-order valence-corrected chi connectivity index (χ0v) is 41.9. The summed E-state index contributed by atoms with van der Waals surface area (Å²) in [5.74, 6) is -6.11. The van der Waals surface area contributed by atoms with Crippen molar-refractivity contribution >= 4 is 59.1 Å². The Morgan fingerprint density at radius 2 is 1.16 bits per heavy atom. The number of aliphatic hydroxyl groups excluding tert-OH is 1. The van der Waals surface area contributed by atoms with Crippen LogP contribution in [0, 0.1) is 11.8 Å². The highest BCUT2D eigenvalue weighted by molar-refractivity contribution is 5.98. The lowest BCUT2D eigenvalue weighted by Gasteiger charge is -2.32. The van der Waals surface area contributed by atoms with Gasteiger partial charge in [-0.05, 0) is 97.1 Å². The number of hydrogen-bond acceptors (Lipinski definition) is 12. The summed E-state index contributed by atoms with van der Waals surface area (Å²) in [4.78, 5) is 131. The molecule has 3 fully saturated rings. The molecular formula is C46H81N13O10. The molecule has 0 aliphatic carbocycles. The SMILES string of the molecule is CCC[C@H](NC(=O)[C@@H](NC(=O)[C@H](NC(=O)[C@@H](NC(=O)CNC(=O)[C@@H]1CCCN1C)C(C)C)[C@@H](C)CC)[C@H](C)O)C(=O)N1CCC[C@H]1C(=O)N[C@@H](CCCN=C(N)N)C(=O)N1CCC[C@H]1C(=O)NCC. The van der Waals surface area contributed by atoms with E-state index in [1.54, 1.807) is 41.5 Å². The van der Waals surface area contributed by atoms with Gasteiger partial charge in [-0.1, -0.05) is 47.5 Å². The average Bonchev–Trinajstić information content (AvgIpc) is 4.10. The molecule has 0 spiro atoms. The van der Waals surface area contributed by atoms with Crippen LogP contribution in [-0.4, -0.2) is 180 Å². The van der Waals surface area contributed by atoms with Crippen LogP contribution in [0.25, 0.3) is 0 Å². The molecule has 3 saturated heterocycles. The highest BCUT2D eigenvalue weighted by Gasteiger charge is 2.42. The van der Waals surface area contributed by atoms with Gasteiger partial charge in [-0.25, -0.2) is 0 Å². The van der Waals surface area contributed by atoms with Gasteiger partial charge in [0.1, 0.15) is 42.3 Å². The Labute approximate surface area is 406 Å². The third-order valence-corrected chi connectivity index (χ3v) is 13.1. The second kappa shape index (κ2) is 28.2. The van der Waals surface area contributed by atoms with E-state index in [1.165, 1.54) is 16.7 Å². The number of hydrogen-bond donors (Lipinski definition) is 10. The Balaban J connectivity index is 1.74. The third-order valence-electron chi connectivity index (χ3n) is 13.1. The maximum Gasteiger partial charge on any atom is 0.245 e. The van der Waals surface area contributed by atoms with Crippen LogP contribution in [0.5, 0.6) is 0 Å². The smallest absolute Gasteiger partial charge is 0.245 e. The minimum Gasteiger partial charge on any atom is -0.391 e. The summed E-state index contributed by atoms with van der Waals surface area (Å²) in [6.45, 7) is 13.3. The molecule has 0 unspecified atom stereocenters. The first-order chi connectivity index (χ1) is 32.7. The number of nitrogens with zero attached hydrogens (tertiary/aromatic N) is 4. The van der Waals surface area contributed by atoms with Crippen molar-refractivity contribution in [3.63, 3.8) is 0 Å². The molecule has 3 aliphatic rings. The number of carbonyl (C=O) groups excluding carboxylic acids is 9. The van der Waals surface area contributed by atoms with Crippen LogP contribution in [0.15, 0.2) is 4.99 Å². The van der Waals surface area contributed by atoms with Crippen LogP contribution in [0.4, 0.5) is 0 Å². The van der Waals surface area contributed by atoms with Crippen molar-refractivity contribution in [3.05, 3.63) is 0 Å². The lowest BCUT2D eigenvalue weighted by Crippen LogP contribution is -2.62. The molecule has 0 aromatic carbocycles. The summed E-state index contributed by atoms with van der Waals surface area (Å²) < 4.78 is 0. The van der Waals surface area contributed by atoms with Gasteiger partial charge < -0.3 is 63.6 Å². The molecule has 69 heavy (non-hydrogen) atoms. The van der Waals surface area contributed by atoms with E-state index in [0.717, 1.165) is 13.0 Å². The number of nitrogens with two attached hydrogens (primary N) is 2. The Morgan fingerprint density at radius 3 is 1.68 bits per heavy atom. The monoisotopic (exact) mass is 976 g/mol. The topological polar surface area (TPSA) is 332 Å². The first kappa shape index (κ1) is 57.7. The molecule has 0 saturated carbocycles. The predicted octanol–water partition coefficient (Wildman–Crippen LogP) is -2.32. The summed E-state index contributed by atoms with van der Waals surface area (Å²) in [6.07, 6.45) is 3.36. The number of likely N-dealkylation sites (N-methyl/N-ethyl adjacent to an activating group) is 2. The number of guanidine groups is 1. The Kier molecular flexibility index (Phi) is 23.6. The van der Waals surface area contributed by atoms with E-state index in [-0.39, 0.29) is 62.7 Å². The fourth-order valence-corrected chi connectivity index (χ4v) is 9.01. The minimum absolute atomic E-state index is 0.126. The van der Waals surface area contributed by atoms with Crippen LogP contribution in [0.2, 0.25) is 0 Å². The molecule has 9 amide bonds. The van der Waals surface area contributed by atoms with Gasteiger partial charge in [-0.15, -0.1) is 0 Å². The molecule has 0 radical (unpaired) electrons. The highest BCUT2D eigenvalue weighted by atomic mass is 16.3. The number of likely N-dealkylation sites (tertiary alicyclic amines) is 3. The largest absolute Gasteiger partial charge is 0.391 e. The summed E-state index contributed by atoms with van der Waals surface area (Å²) in [6, 6.07) is -8.13. The summed E-state index contributed by atoms with van der Waals surface area (Å²) >= 11 is 0. The van der Waals surface area contributed by atoms with E-state index in [9.17, 15) is 48.3 Å². The molecule has 3 rings (SSSR count). The van der Waals surface area contributed by atoms with Crippen molar-refractivity contribution < 1.29 is 48.3 Å². The van der Waals surface area contributed by atoms with E-state index >= 15 is 0 Å². The molecule has 3 aliphatic heterocycles. The molecule has 0 aromatic heterocycles. The predicted molar refractivity (Wildman–Crippen MR) is 257 cm³/mol. The van der Waals surface area contributed by atoms with Gasteiger partial charge in [0.2, 0.25) is 53.2 Å². The van der Waals surface area contributed by atoms with Crippen molar-refractivity contribution in [2.24, 2.45) is 28.3 Å². The van der Waals surface area contributed by atoms with Crippen molar-refractivity contribution in [3.8, 4) is 0 Å². The number of nitrogens with one attached hydrogen (secondary N) is 7. The minimum atomic E-state index is -1.58. The first-order valence-electron chi connectivity index (χ1n) is 24.8. The van der Waals surface area contributed by atoms with Gasteiger partial charge in [0.15, 0.2) is 5.96 Å². The van der Waals surface area contributed by atoms with E-state index in [1.807, 2.05) is 11.9 Å². The van der Waals surface area contributed by atoms with Crippen molar-refractivity contribution in [1.29, 1.82) is 0 Å². The summed E-state index contributed by atoms with van der Waals surface area (Å²) in [7, 11) is 1.84. The van der Waals surface area contributed by atoms with E-state index in [2.05, 4.69) is 42.2 Å². The standard InChI is InChI=1S/C46H81N13O10/c1-9-16-29(44(68)59-24-15-20-33(59)40(64)52-30(17-12-21-50-46(47)48)45(69)58-23-14-19-32(58)39(63)49-11-3)53-43(67)37(28(7)60)56-42(66)36(27(6)10-2)55-41(65)35(26(4)5)54-34(61)25-51-38(62)31-18-13-22-57(31)8/h26-33,35-37,60H,9-25H2,1-8H3,(H,49,63)(H,51,62)(H,52,64)(H,53,67)(H,54,61)(H,55,65)(H,56,66)(H4,47,48,50)/t27-,28-,29-,30-,31-,32-,33-,35-,36+,37-/m0/s1. The molecule has 0 aromatic rings. The van der Waals surface area contributed by atoms with Crippen LogP contribution in [0.3, 0.4) is 0 Å². The lowest BCUT2D eigenvalue weighted by atomic mass is 9.96. The fraction of sp³-hybridized carbons (Fsp3) is 0.783. The molecule has 10 atom stereocenters. The maximum absolute atomic E-state index is 14.3. The van der Waals surface area contributed by atoms with Crippen LogP contribution < -0.4 is 48.7 Å². The Bertz CT molecular complexity index is 1830. The van der Waals surface area contributed by atoms with Crippen molar-refractivity contribution in [1.82, 2.24) is 51.9 Å². The second-order valence-electron chi connectivity index (χ2n) is 18.9. The Hall–Kier alpha value is -5.58. The first-order valence-corrected chi connectivity index (χ1v) is 24.8. The zero-order chi connectivity index (χ0) is 51.5. The zero-order valence-electron chi connectivity index (χ0n) is 41.9. The van der Waals surface area contributed by atoms with Crippen LogP contribution in [-0.2, 0) is 43.2 Å². The van der Waals surface area contributed by atoms with Crippen molar-refractivity contribution in [2.75, 3.05) is 46.3 Å². The van der Waals surface area contributed by atoms with E-state index in [4.69, 9.17) is 11.5 Å². The normalized spacial score (nSPS) is 21.2. The quantitative estimate of drug-likeness (QED) is 0.0248. The third kappa shape index (κ3) is 16.8. The maximum atomic E-state index is 14.3. The van der Waals surface area contributed by atoms with Crippen LogP contribution >= 0.6 is 0 Å². The number of amides is 9. The number of carbonyl (C=O) groups is 9. The van der Waals surface area contributed by atoms with E-state index < -0.39 is 102 Å². The van der Waals surface area contributed by atoms with Gasteiger partial charge in [-0.2, -0.15) is 0 Å². The van der Waals surface area contributed by atoms with Crippen molar-refractivity contribution in [2.45, 2.75) is 174 Å². The molecule has 0 bridgehead atoms. The van der Waals surface area contributed by atoms with Gasteiger partial charge in [0.25, 0.3) is 0 Å². The summed E-state index contributed by atoms with van der Waals surface area (Å²) in [5, 5.41) is 29.7. The van der Waals surface area contributed by atoms with Gasteiger partial charge in [0.05, 0.1) is 18.7 Å². The van der Waals surface area contributed by atoms with Gasteiger partial charge in [0, 0.05) is 26.2 Å². The average molecular weight is 976 g/mol. The number of aliphatic hydroxyl groups is 1. The lowest BCUT2D eigenvalue weighted by molar-refractivity contribution is -0.145. The van der Waals surface area contributed by atoms with Gasteiger partial charge in [-0.3, -0.25) is 53.0 Å². The second-order valence-corrected chi connectivity index (χ2v) is 18.9. The Morgan fingerprint density at radius 1 is 0.638 bits per heavy atom. The molecule has 390 valence electrons. The van der Waals surface area contributed by atoms with E-state index in [0.29, 0.717) is 58.0 Å². The molecular weight excluding hydrogens is 895 g/mol.